The minimum absolute atomic E-state index is 0.0335. The Labute approximate surface area is 135 Å². The summed E-state index contributed by atoms with van der Waals surface area (Å²) in [6.45, 7) is 2.29. The SMILES string of the molecule is CCOC(=O)C(C(=O)OCC)C1OC[C@H](OS(=O)[O-])[C@@H](CO)O1. The van der Waals surface area contributed by atoms with Crippen molar-refractivity contribution in [2.75, 3.05) is 26.4 Å². The van der Waals surface area contributed by atoms with E-state index in [2.05, 4.69) is 4.18 Å². The van der Waals surface area contributed by atoms with Crippen molar-refractivity contribution in [2.45, 2.75) is 32.3 Å². The molecule has 0 aliphatic carbocycles. The number of ether oxygens (including phenoxy) is 4. The molecule has 2 unspecified atom stereocenters. The van der Waals surface area contributed by atoms with Crippen LogP contribution in [0.15, 0.2) is 0 Å². The standard InChI is InChI=1S/C12H20O10S/c1-3-18-10(14)9(11(15)19-4-2)12-20-6-8(22-23(16)17)7(5-13)21-12/h7-9,12-13H,3-6H2,1-2H3,(H,16,17)/p-1/t7-,8+,12?/m1/s1. The molecule has 1 rings (SSSR count). The molecule has 0 spiro atoms. The van der Waals surface area contributed by atoms with E-state index >= 15 is 0 Å². The van der Waals surface area contributed by atoms with Crippen LogP contribution in [-0.4, -0.2) is 70.7 Å². The van der Waals surface area contributed by atoms with E-state index in [-0.39, 0.29) is 19.8 Å². The molecule has 1 N–H and O–H groups in total. The Morgan fingerprint density at radius 1 is 1.30 bits per heavy atom. The highest BCUT2D eigenvalue weighted by molar-refractivity contribution is 7.74. The molecule has 0 amide bonds. The van der Waals surface area contributed by atoms with Crippen molar-refractivity contribution < 1.29 is 46.6 Å². The van der Waals surface area contributed by atoms with Gasteiger partial charge < -0.3 is 28.6 Å². The van der Waals surface area contributed by atoms with Crippen LogP contribution in [0.5, 0.6) is 0 Å². The Kier molecular flexibility index (Phi) is 8.58. The van der Waals surface area contributed by atoms with E-state index in [1.54, 1.807) is 13.8 Å². The van der Waals surface area contributed by atoms with Crippen molar-refractivity contribution in [3.05, 3.63) is 0 Å². The highest BCUT2D eigenvalue weighted by Gasteiger charge is 2.45. The van der Waals surface area contributed by atoms with Crippen molar-refractivity contribution >= 4 is 23.3 Å². The Morgan fingerprint density at radius 2 is 1.87 bits per heavy atom. The fraction of sp³-hybridized carbons (Fsp3) is 0.833. The quantitative estimate of drug-likeness (QED) is 0.315. The molecule has 0 saturated carbocycles. The molecule has 1 fully saturated rings. The fourth-order valence-electron chi connectivity index (χ4n) is 1.90. The maximum absolute atomic E-state index is 11.9. The summed E-state index contributed by atoms with van der Waals surface area (Å²) in [5, 5.41) is 9.26. The van der Waals surface area contributed by atoms with Crippen LogP contribution in [-0.2, 0) is 44.1 Å². The van der Waals surface area contributed by atoms with E-state index in [1.165, 1.54) is 0 Å². The summed E-state index contributed by atoms with van der Waals surface area (Å²) < 4.78 is 45.7. The molecule has 10 nitrogen and oxygen atoms in total. The minimum atomic E-state index is -2.84. The summed E-state index contributed by atoms with van der Waals surface area (Å²) in [6.07, 6.45) is -3.58. The molecule has 0 aromatic heterocycles. The Morgan fingerprint density at radius 3 is 2.30 bits per heavy atom. The molecule has 23 heavy (non-hydrogen) atoms. The third-order valence-corrected chi connectivity index (χ3v) is 3.29. The van der Waals surface area contributed by atoms with Crippen molar-refractivity contribution in [1.29, 1.82) is 0 Å². The monoisotopic (exact) mass is 355 g/mol. The van der Waals surface area contributed by atoms with Crippen LogP contribution < -0.4 is 0 Å². The lowest BCUT2D eigenvalue weighted by atomic mass is 10.1. The molecule has 134 valence electrons. The number of hydrogen-bond acceptors (Lipinski definition) is 10. The van der Waals surface area contributed by atoms with Gasteiger partial charge in [0.05, 0.1) is 37.8 Å². The van der Waals surface area contributed by atoms with Crippen LogP contribution in [0, 0.1) is 5.92 Å². The fourth-order valence-corrected chi connectivity index (χ4v) is 2.29. The summed E-state index contributed by atoms with van der Waals surface area (Å²) in [7, 11) is 0. The van der Waals surface area contributed by atoms with E-state index < -0.39 is 54.3 Å². The first-order chi connectivity index (χ1) is 10.9. The first kappa shape index (κ1) is 19.9. The maximum Gasteiger partial charge on any atom is 0.325 e. The van der Waals surface area contributed by atoms with Gasteiger partial charge >= 0.3 is 11.9 Å². The molecule has 1 saturated heterocycles. The molecular weight excluding hydrogens is 336 g/mol. The molecule has 4 atom stereocenters. The summed E-state index contributed by atoms with van der Waals surface area (Å²) in [6, 6.07) is 0. The van der Waals surface area contributed by atoms with Crippen molar-refractivity contribution in [3.8, 4) is 0 Å². The number of aliphatic hydroxyl groups excluding tert-OH is 1. The van der Waals surface area contributed by atoms with Gasteiger partial charge in [-0.25, -0.2) is 4.21 Å². The van der Waals surface area contributed by atoms with Gasteiger partial charge in [-0.05, 0) is 13.8 Å². The largest absolute Gasteiger partial charge is 0.750 e. The molecule has 0 aromatic carbocycles. The van der Waals surface area contributed by atoms with Gasteiger partial charge in [-0.2, -0.15) is 0 Å². The summed E-state index contributed by atoms with van der Waals surface area (Å²) in [5.74, 6) is -3.32. The summed E-state index contributed by atoms with van der Waals surface area (Å²) in [5.41, 5.74) is 0. The number of esters is 2. The molecule has 0 radical (unpaired) electrons. The number of carbonyl (C=O) groups excluding carboxylic acids is 2. The molecule has 0 aromatic rings. The van der Waals surface area contributed by atoms with Crippen LogP contribution in [0.2, 0.25) is 0 Å². The number of rotatable bonds is 8. The topological polar surface area (TPSA) is 141 Å². The van der Waals surface area contributed by atoms with Gasteiger partial charge in [0.2, 0.25) is 5.92 Å². The van der Waals surface area contributed by atoms with Crippen molar-refractivity contribution in [3.63, 3.8) is 0 Å². The van der Waals surface area contributed by atoms with Crippen molar-refractivity contribution in [1.82, 2.24) is 0 Å². The first-order valence-electron chi connectivity index (χ1n) is 6.92. The Hall–Kier alpha value is -1.11. The van der Waals surface area contributed by atoms with Gasteiger partial charge in [-0.3, -0.25) is 13.8 Å². The second-order valence-corrected chi connectivity index (χ2v) is 4.98. The maximum atomic E-state index is 11.9. The van der Waals surface area contributed by atoms with Gasteiger partial charge in [0.15, 0.2) is 6.29 Å². The Bertz CT molecular complexity index is 410. The zero-order chi connectivity index (χ0) is 17.4. The lowest BCUT2D eigenvalue weighted by molar-refractivity contribution is -0.271. The third kappa shape index (κ3) is 5.79. The lowest BCUT2D eigenvalue weighted by Crippen LogP contribution is -2.52. The highest BCUT2D eigenvalue weighted by atomic mass is 32.2. The second-order valence-electron chi connectivity index (χ2n) is 4.38. The van der Waals surface area contributed by atoms with Crippen molar-refractivity contribution in [2.24, 2.45) is 5.92 Å². The predicted molar refractivity (Wildman–Crippen MR) is 72.2 cm³/mol. The van der Waals surface area contributed by atoms with Gasteiger partial charge in [-0.1, -0.05) is 0 Å². The summed E-state index contributed by atoms with van der Waals surface area (Å²) >= 11 is -2.84. The molecule has 0 bridgehead atoms. The van der Waals surface area contributed by atoms with Gasteiger partial charge in [0.1, 0.15) is 12.2 Å². The summed E-state index contributed by atoms with van der Waals surface area (Å²) in [4.78, 5) is 23.9. The Balaban J connectivity index is 2.85. The first-order valence-corrected chi connectivity index (χ1v) is 7.92. The highest BCUT2D eigenvalue weighted by Crippen LogP contribution is 2.23. The van der Waals surface area contributed by atoms with E-state index in [9.17, 15) is 23.5 Å². The zero-order valence-corrected chi connectivity index (χ0v) is 13.5. The van der Waals surface area contributed by atoms with Crippen LogP contribution in [0.1, 0.15) is 13.8 Å². The predicted octanol–water partition coefficient (Wildman–Crippen LogP) is -1.36. The molecule has 1 heterocycles. The molecule has 1 aliphatic rings. The number of carbonyl (C=O) groups is 2. The molecule has 1 aliphatic heterocycles. The van der Waals surface area contributed by atoms with E-state index in [0.29, 0.717) is 0 Å². The van der Waals surface area contributed by atoms with E-state index in [4.69, 9.17) is 18.9 Å². The van der Waals surface area contributed by atoms with E-state index in [0.717, 1.165) is 0 Å². The zero-order valence-electron chi connectivity index (χ0n) is 12.7. The van der Waals surface area contributed by atoms with Gasteiger partial charge in [0.25, 0.3) is 0 Å². The van der Waals surface area contributed by atoms with E-state index in [1.807, 2.05) is 0 Å². The van der Waals surface area contributed by atoms with Crippen LogP contribution in [0.25, 0.3) is 0 Å². The second kappa shape index (κ2) is 9.90. The number of aliphatic hydroxyl groups is 1. The van der Waals surface area contributed by atoms with Crippen LogP contribution >= 0.6 is 0 Å². The third-order valence-electron chi connectivity index (χ3n) is 2.88. The average molecular weight is 355 g/mol. The average Bonchev–Trinajstić information content (AvgIpc) is 2.48. The van der Waals surface area contributed by atoms with Crippen LogP contribution in [0.3, 0.4) is 0 Å². The van der Waals surface area contributed by atoms with Crippen LogP contribution in [0.4, 0.5) is 0 Å². The van der Waals surface area contributed by atoms with Gasteiger partial charge in [0, 0.05) is 0 Å². The minimum Gasteiger partial charge on any atom is -0.750 e. The molecular formula is C12H19O10S-. The smallest absolute Gasteiger partial charge is 0.325 e. The lowest BCUT2D eigenvalue weighted by Gasteiger charge is -2.37. The normalized spacial score (nSPS) is 25.9. The van der Waals surface area contributed by atoms with Gasteiger partial charge in [-0.15, -0.1) is 0 Å². The number of hydrogen-bond donors (Lipinski definition) is 1. The molecule has 11 heteroatoms.